The molecule has 0 fully saturated rings. The van der Waals surface area contributed by atoms with Crippen molar-refractivity contribution in [1.29, 1.82) is 0 Å². The molecule has 3 aromatic carbocycles. The van der Waals surface area contributed by atoms with Crippen LogP contribution in [0.15, 0.2) is 78.0 Å². The second kappa shape index (κ2) is 7.80. The highest BCUT2D eigenvalue weighted by molar-refractivity contribution is 6.30. The van der Waals surface area contributed by atoms with Gasteiger partial charge in [-0.05, 0) is 48.5 Å². The molecule has 0 saturated carbocycles. The van der Waals surface area contributed by atoms with Crippen molar-refractivity contribution in [2.75, 3.05) is 4.90 Å². The van der Waals surface area contributed by atoms with E-state index in [1.165, 1.54) is 24.3 Å². The lowest BCUT2D eigenvalue weighted by atomic mass is 10.1. The van der Waals surface area contributed by atoms with Crippen LogP contribution in [-0.4, -0.2) is 15.7 Å². The molecular weight excluding hydrogens is 412 g/mol. The van der Waals surface area contributed by atoms with Gasteiger partial charge in [0.25, 0.3) is 11.4 Å². The van der Waals surface area contributed by atoms with Gasteiger partial charge in [-0.3, -0.25) is 25.1 Å². The Hall–Kier alpha value is -3.98. The Labute approximate surface area is 175 Å². The molecule has 1 atom stereocenters. The van der Waals surface area contributed by atoms with Gasteiger partial charge in [0, 0.05) is 46.1 Å². The Bertz CT molecular complexity index is 1130. The summed E-state index contributed by atoms with van der Waals surface area (Å²) >= 11 is 6.01. The summed E-state index contributed by atoms with van der Waals surface area (Å²) in [4.78, 5) is 28.4. The molecule has 3 aromatic rings. The van der Waals surface area contributed by atoms with E-state index >= 15 is 0 Å². The molecule has 0 bridgehead atoms. The number of halogens is 1. The van der Waals surface area contributed by atoms with Crippen LogP contribution in [-0.2, 0) is 4.84 Å². The zero-order valence-corrected chi connectivity index (χ0v) is 16.0. The minimum Gasteiger partial charge on any atom is -0.363 e. The smallest absolute Gasteiger partial charge is 0.269 e. The summed E-state index contributed by atoms with van der Waals surface area (Å²) < 4.78 is 0. The minimum atomic E-state index is -0.683. The predicted octanol–water partition coefficient (Wildman–Crippen LogP) is 5.05. The lowest BCUT2D eigenvalue weighted by Crippen LogP contribution is -2.31. The van der Waals surface area contributed by atoms with Crippen LogP contribution >= 0.6 is 11.6 Å². The standard InChI is InChI=1S/C20H13ClN4O5/c21-15-5-11-16(12-6-15)23-19(13-1-7-17(8-2-13)24(26)27)22-30-20(23)14-3-9-18(10-4-14)25(28)29/h1-12,20H. The molecule has 0 aromatic heterocycles. The fourth-order valence-corrected chi connectivity index (χ4v) is 3.18. The van der Waals surface area contributed by atoms with Crippen LogP contribution in [0.25, 0.3) is 0 Å². The van der Waals surface area contributed by atoms with Crippen molar-refractivity contribution in [2.24, 2.45) is 5.16 Å². The lowest BCUT2D eigenvalue weighted by Gasteiger charge is -2.25. The number of hydrogen-bond donors (Lipinski definition) is 0. The monoisotopic (exact) mass is 424 g/mol. The van der Waals surface area contributed by atoms with Crippen LogP contribution in [0.3, 0.4) is 0 Å². The average Bonchev–Trinajstić information content (AvgIpc) is 3.19. The van der Waals surface area contributed by atoms with Crippen molar-refractivity contribution in [3.63, 3.8) is 0 Å². The molecule has 0 N–H and O–H groups in total. The third kappa shape index (κ3) is 3.65. The van der Waals surface area contributed by atoms with Gasteiger partial charge in [-0.25, -0.2) is 0 Å². The number of nitro groups is 2. The highest BCUT2D eigenvalue weighted by atomic mass is 35.5. The Morgan fingerprint density at radius 3 is 1.90 bits per heavy atom. The van der Waals surface area contributed by atoms with Crippen LogP contribution in [0, 0.1) is 20.2 Å². The molecule has 1 aliphatic heterocycles. The lowest BCUT2D eigenvalue weighted by molar-refractivity contribution is -0.385. The molecule has 9 nitrogen and oxygen atoms in total. The molecule has 4 rings (SSSR count). The van der Waals surface area contributed by atoms with Gasteiger partial charge in [0.2, 0.25) is 6.23 Å². The molecule has 0 spiro atoms. The first-order chi connectivity index (χ1) is 14.4. The highest BCUT2D eigenvalue weighted by Crippen LogP contribution is 2.36. The van der Waals surface area contributed by atoms with Gasteiger partial charge in [-0.1, -0.05) is 16.8 Å². The fraction of sp³-hybridized carbons (Fsp3) is 0.0500. The van der Waals surface area contributed by atoms with Crippen LogP contribution in [0.4, 0.5) is 17.1 Å². The summed E-state index contributed by atoms with van der Waals surface area (Å²) in [6.07, 6.45) is -0.683. The number of nitrogens with zero attached hydrogens (tertiary/aromatic N) is 4. The SMILES string of the molecule is O=[N+]([O-])c1ccc(C2=NOC(c3ccc([N+](=O)[O-])cc3)N2c2ccc(Cl)cc2)cc1. The Morgan fingerprint density at radius 1 is 0.833 bits per heavy atom. The number of anilines is 1. The van der Waals surface area contributed by atoms with Crippen molar-refractivity contribution in [3.05, 3.63) is 109 Å². The zero-order chi connectivity index (χ0) is 21.3. The maximum Gasteiger partial charge on any atom is 0.269 e. The van der Waals surface area contributed by atoms with E-state index in [1.807, 2.05) is 0 Å². The second-order valence-corrected chi connectivity index (χ2v) is 6.81. The number of oxime groups is 1. The Balaban J connectivity index is 1.73. The number of benzene rings is 3. The third-order valence-electron chi connectivity index (χ3n) is 4.53. The number of non-ortho nitro benzene ring substituents is 2. The topological polar surface area (TPSA) is 111 Å². The van der Waals surface area contributed by atoms with Gasteiger partial charge in [0.05, 0.1) is 9.85 Å². The van der Waals surface area contributed by atoms with E-state index in [4.69, 9.17) is 16.4 Å². The van der Waals surface area contributed by atoms with Gasteiger partial charge in [0.1, 0.15) is 0 Å². The quantitative estimate of drug-likeness (QED) is 0.418. The van der Waals surface area contributed by atoms with E-state index in [0.717, 1.165) is 5.69 Å². The maximum absolute atomic E-state index is 10.9. The van der Waals surface area contributed by atoms with Gasteiger partial charge in [-0.15, -0.1) is 0 Å². The third-order valence-corrected chi connectivity index (χ3v) is 4.78. The molecule has 0 aliphatic carbocycles. The number of hydrogen-bond acceptors (Lipinski definition) is 7. The van der Waals surface area contributed by atoms with E-state index < -0.39 is 16.1 Å². The molecule has 0 saturated heterocycles. The van der Waals surface area contributed by atoms with Gasteiger partial charge in [0.15, 0.2) is 5.84 Å². The first kappa shape index (κ1) is 19.3. The minimum absolute atomic E-state index is 0.0358. The van der Waals surface area contributed by atoms with Crippen molar-refractivity contribution < 1.29 is 14.7 Å². The van der Waals surface area contributed by atoms with Crippen molar-refractivity contribution in [2.45, 2.75) is 6.23 Å². The molecule has 1 aliphatic rings. The predicted molar refractivity (Wildman–Crippen MR) is 110 cm³/mol. The molecule has 0 radical (unpaired) electrons. The molecule has 1 unspecified atom stereocenters. The second-order valence-electron chi connectivity index (χ2n) is 6.37. The highest BCUT2D eigenvalue weighted by Gasteiger charge is 2.34. The molecule has 150 valence electrons. The molecule has 1 heterocycles. The van der Waals surface area contributed by atoms with Gasteiger partial charge in [-0.2, -0.15) is 0 Å². The number of rotatable bonds is 5. The number of amidine groups is 1. The van der Waals surface area contributed by atoms with Crippen LogP contribution < -0.4 is 4.90 Å². The summed E-state index contributed by atoms with van der Waals surface area (Å²) in [5, 5.41) is 26.6. The first-order valence-corrected chi connectivity index (χ1v) is 9.09. The normalized spacial score (nSPS) is 15.4. The van der Waals surface area contributed by atoms with Crippen LogP contribution in [0.1, 0.15) is 17.4 Å². The summed E-state index contributed by atoms with van der Waals surface area (Å²) in [6, 6.07) is 18.9. The Kier molecular flexibility index (Phi) is 5.03. The van der Waals surface area contributed by atoms with Crippen LogP contribution in [0.2, 0.25) is 5.02 Å². The van der Waals surface area contributed by atoms with Gasteiger partial charge < -0.3 is 4.84 Å². The van der Waals surface area contributed by atoms with E-state index in [2.05, 4.69) is 5.16 Å². The number of nitro benzene ring substituents is 2. The van der Waals surface area contributed by atoms with Crippen LogP contribution in [0.5, 0.6) is 0 Å². The summed E-state index contributed by atoms with van der Waals surface area (Å²) in [7, 11) is 0. The average molecular weight is 425 g/mol. The van der Waals surface area contributed by atoms with Gasteiger partial charge >= 0.3 is 0 Å². The Morgan fingerprint density at radius 2 is 1.37 bits per heavy atom. The van der Waals surface area contributed by atoms with Crippen molar-refractivity contribution in [1.82, 2.24) is 0 Å². The van der Waals surface area contributed by atoms with Crippen molar-refractivity contribution in [3.8, 4) is 0 Å². The molecule has 0 amide bonds. The van der Waals surface area contributed by atoms with E-state index in [1.54, 1.807) is 53.4 Å². The van der Waals surface area contributed by atoms with E-state index in [-0.39, 0.29) is 11.4 Å². The fourth-order valence-electron chi connectivity index (χ4n) is 3.06. The van der Waals surface area contributed by atoms with E-state index in [9.17, 15) is 20.2 Å². The summed E-state index contributed by atoms with van der Waals surface area (Å²) in [5.41, 5.74) is 1.91. The molecule has 30 heavy (non-hydrogen) atoms. The van der Waals surface area contributed by atoms with Crippen molar-refractivity contribution >= 4 is 34.5 Å². The molecule has 10 heteroatoms. The van der Waals surface area contributed by atoms with E-state index in [0.29, 0.717) is 22.0 Å². The molecular formula is C20H13ClN4O5. The maximum atomic E-state index is 10.9. The summed E-state index contributed by atoms with van der Waals surface area (Å²) in [5.74, 6) is 0.440. The first-order valence-electron chi connectivity index (χ1n) is 8.72. The zero-order valence-electron chi connectivity index (χ0n) is 15.2. The largest absolute Gasteiger partial charge is 0.363 e. The summed E-state index contributed by atoms with van der Waals surface area (Å²) in [6.45, 7) is 0.